The molecule has 0 aliphatic carbocycles. The number of pyridine rings is 1. The van der Waals surface area contributed by atoms with Gasteiger partial charge in [-0.1, -0.05) is 29.5 Å². The number of benzene rings is 1. The summed E-state index contributed by atoms with van der Waals surface area (Å²) in [5.41, 5.74) is 2.50. The molecule has 28 heavy (non-hydrogen) atoms. The van der Waals surface area contributed by atoms with Gasteiger partial charge in [-0.15, -0.1) is 10.2 Å². The van der Waals surface area contributed by atoms with Gasteiger partial charge in [0.15, 0.2) is 0 Å². The summed E-state index contributed by atoms with van der Waals surface area (Å²) in [6.07, 6.45) is 2.24. The SMILES string of the molecule is O=C(Nc1nnc(-c2ccsc2)s1)c1cc2ccccc2nc1N1CCCC1. The van der Waals surface area contributed by atoms with Gasteiger partial charge in [0.1, 0.15) is 10.8 Å². The highest BCUT2D eigenvalue weighted by molar-refractivity contribution is 7.19. The Labute approximate surface area is 169 Å². The molecule has 1 amide bonds. The first-order chi connectivity index (χ1) is 13.8. The van der Waals surface area contributed by atoms with Gasteiger partial charge in [-0.25, -0.2) is 4.98 Å². The molecule has 0 unspecified atom stereocenters. The molecule has 140 valence electrons. The first-order valence-electron chi connectivity index (χ1n) is 9.10. The van der Waals surface area contributed by atoms with Gasteiger partial charge in [-0.2, -0.15) is 11.3 Å². The molecule has 1 saturated heterocycles. The van der Waals surface area contributed by atoms with E-state index in [2.05, 4.69) is 20.4 Å². The van der Waals surface area contributed by atoms with Crippen molar-refractivity contribution in [1.29, 1.82) is 0 Å². The van der Waals surface area contributed by atoms with E-state index >= 15 is 0 Å². The Bertz CT molecular complexity index is 1130. The average molecular weight is 408 g/mol. The zero-order valence-corrected chi connectivity index (χ0v) is 16.6. The second-order valence-corrected chi connectivity index (χ2v) is 8.38. The number of thiophene rings is 1. The van der Waals surface area contributed by atoms with Crippen LogP contribution in [0.25, 0.3) is 21.5 Å². The topological polar surface area (TPSA) is 71.0 Å². The molecule has 1 aliphatic rings. The second kappa shape index (κ2) is 7.29. The van der Waals surface area contributed by atoms with Gasteiger partial charge in [0.05, 0.1) is 11.1 Å². The molecule has 5 rings (SSSR count). The summed E-state index contributed by atoms with van der Waals surface area (Å²) in [4.78, 5) is 20.1. The monoisotopic (exact) mass is 407 g/mol. The van der Waals surface area contributed by atoms with E-state index in [9.17, 15) is 4.79 Å². The number of anilines is 2. The minimum atomic E-state index is -0.201. The van der Waals surface area contributed by atoms with E-state index in [1.54, 1.807) is 11.3 Å². The highest BCUT2D eigenvalue weighted by atomic mass is 32.1. The Morgan fingerprint density at radius 2 is 1.96 bits per heavy atom. The van der Waals surface area contributed by atoms with Crippen molar-refractivity contribution in [3.05, 3.63) is 52.7 Å². The maximum atomic E-state index is 13.1. The van der Waals surface area contributed by atoms with Crippen LogP contribution in [0.3, 0.4) is 0 Å². The summed E-state index contributed by atoms with van der Waals surface area (Å²) >= 11 is 2.98. The fourth-order valence-corrected chi connectivity index (χ4v) is 4.83. The number of rotatable bonds is 4. The number of para-hydroxylation sites is 1. The summed E-state index contributed by atoms with van der Waals surface area (Å²) < 4.78 is 0. The van der Waals surface area contributed by atoms with Crippen LogP contribution >= 0.6 is 22.7 Å². The van der Waals surface area contributed by atoms with Gasteiger partial charge in [-0.3, -0.25) is 10.1 Å². The van der Waals surface area contributed by atoms with Gasteiger partial charge >= 0.3 is 0 Å². The van der Waals surface area contributed by atoms with Gasteiger partial charge in [0.2, 0.25) is 5.13 Å². The van der Waals surface area contributed by atoms with Crippen LogP contribution in [0, 0.1) is 0 Å². The molecule has 3 aromatic heterocycles. The van der Waals surface area contributed by atoms with E-state index in [4.69, 9.17) is 4.98 Å². The van der Waals surface area contributed by atoms with Crippen molar-refractivity contribution in [2.24, 2.45) is 0 Å². The zero-order valence-electron chi connectivity index (χ0n) is 15.0. The van der Waals surface area contributed by atoms with Crippen LogP contribution in [0.1, 0.15) is 23.2 Å². The van der Waals surface area contributed by atoms with E-state index in [1.807, 2.05) is 47.2 Å². The highest BCUT2D eigenvalue weighted by Crippen LogP contribution is 2.30. The number of nitrogens with zero attached hydrogens (tertiary/aromatic N) is 4. The van der Waals surface area contributed by atoms with Gasteiger partial charge in [0.25, 0.3) is 5.91 Å². The van der Waals surface area contributed by atoms with Crippen LogP contribution in [0.2, 0.25) is 0 Å². The number of nitrogens with one attached hydrogen (secondary N) is 1. The van der Waals surface area contributed by atoms with Crippen LogP contribution in [0.5, 0.6) is 0 Å². The van der Waals surface area contributed by atoms with Crippen molar-refractivity contribution >= 4 is 50.4 Å². The molecule has 4 aromatic rings. The number of aromatic nitrogens is 3. The summed E-state index contributed by atoms with van der Waals surface area (Å²) in [6.45, 7) is 1.85. The summed E-state index contributed by atoms with van der Waals surface area (Å²) in [5, 5.41) is 17.5. The van der Waals surface area contributed by atoms with Crippen molar-refractivity contribution in [3.8, 4) is 10.6 Å². The summed E-state index contributed by atoms with van der Waals surface area (Å²) in [5.74, 6) is 0.546. The van der Waals surface area contributed by atoms with E-state index in [0.29, 0.717) is 10.7 Å². The fraction of sp³-hybridized carbons (Fsp3) is 0.200. The Morgan fingerprint density at radius 1 is 1.11 bits per heavy atom. The molecule has 0 atom stereocenters. The highest BCUT2D eigenvalue weighted by Gasteiger charge is 2.23. The van der Waals surface area contributed by atoms with Crippen molar-refractivity contribution < 1.29 is 4.79 Å². The minimum absolute atomic E-state index is 0.201. The molecule has 1 N–H and O–H groups in total. The predicted molar refractivity (Wildman–Crippen MR) is 114 cm³/mol. The largest absolute Gasteiger partial charge is 0.356 e. The van der Waals surface area contributed by atoms with Crippen molar-refractivity contribution in [2.45, 2.75) is 12.8 Å². The average Bonchev–Trinajstić information content (AvgIpc) is 3.49. The molecule has 0 spiro atoms. The molecule has 0 saturated carbocycles. The predicted octanol–water partition coefficient (Wildman–Crippen LogP) is 4.67. The van der Waals surface area contributed by atoms with Crippen LogP contribution in [0.15, 0.2) is 47.2 Å². The molecule has 0 bridgehead atoms. The maximum Gasteiger partial charge on any atom is 0.261 e. The quantitative estimate of drug-likeness (QED) is 0.532. The van der Waals surface area contributed by atoms with Crippen LogP contribution < -0.4 is 10.2 Å². The lowest BCUT2D eigenvalue weighted by Gasteiger charge is -2.20. The minimum Gasteiger partial charge on any atom is -0.356 e. The Kier molecular flexibility index (Phi) is 4.50. The summed E-state index contributed by atoms with van der Waals surface area (Å²) in [7, 11) is 0. The molecule has 6 nitrogen and oxygen atoms in total. The molecule has 4 heterocycles. The molecule has 1 aliphatic heterocycles. The molecule has 0 radical (unpaired) electrons. The lowest BCUT2D eigenvalue weighted by atomic mass is 10.1. The first kappa shape index (κ1) is 17.3. The number of fused-ring (bicyclic) bond motifs is 1. The number of hydrogen-bond acceptors (Lipinski definition) is 7. The van der Waals surface area contributed by atoms with E-state index in [1.165, 1.54) is 11.3 Å². The Balaban J connectivity index is 1.49. The fourth-order valence-electron chi connectivity index (χ4n) is 3.38. The second-order valence-electron chi connectivity index (χ2n) is 6.62. The van der Waals surface area contributed by atoms with Gasteiger partial charge in [-0.05, 0) is 36.4 Å². The Hall–Kier alpha value is -2.84. The van der Waals surface area contributed by atoms with Gasteiger partial charge in [0, 0.05) is 29.4 Å². The molecule has 8 heteroatoms. The smallest absolute Gasteiger partial charge is 0.261 e. The molecule has 1 aromatic carbocycles. The van der Waals surface area contributed by atoms with E-state index in [0.717, 1.165) is 53.2 Å². The number of carbonyl (C=O) groups excluding carboxylic acids is 1. The zero-order chi connectivity index (χ0) is 18.9. The first-order valence-corrected chi connectivity index (χ1v) is 10.9. The number of carbonyl (C=O) groups is 1. The van der Waals surface area contributed by atoms with E-state index in [-0.39, 0.29) is 5.91 Å². The normalized spacial score (nSPS) is 13.9. The lowest BCUT2D eigenvalue weighted by Crippen LogP contribution is -2.24. The third-order valence-corrected chi connectivity index (χ3v) is 6.34. The third kappa shape index (κ3) is 3.25. The van der Waals surface area contributed by atoms with Crippen LogP contribution in [-0.2, 0) is 0 Å². The van der Waals surface area contributed by atoms with Crippen molar-refractivity contribution in [1.82, 2.24) is 15.2 Å². The molecular formula is C20H17N5OS2. The lowest BCUT2D eigenvalue weighted by molar-refractivity contribution is 0.102. The van der Waals surface area contributed by atoms with Crippen molar-refractivity contribution in [2.75, 3.05) is 23.3 Å². The molecular weight excluding hydrogens is 390 g/mol. The Morgan fingerprint density at radius 3 is 2.79 bits per heavy atom. The van der Waals surface area contributed by atoms with Crippen LogP contribution in [-0.4, -0.2) is 34.2 Å². The van der Waals surface area contributed by atoms with Crippen molar-refractivity contribution in [3.63, 3.8) is 0 Å². The van der Waals surface area contributed by atoms with Crippen LogP contribution in [0.4, 0.5) is 10.9 Å². The number of hydrogen-bond donors (Lipinski definition) is 1. The van der Waals surface area contributed by atoms with E-state index < -0.39 is 0 Å². The third-order valence-electron chi connectivity index (χ3n) is 4.77. The summed E-state index contributed by atoms with van der Waals surface area (Å²) in [6, 6.07) is 11.8. The number of amides is 1. The molecule has 1 fully saturated rings. The maximum absolute atomic E-state index is 13.1. The van der Waals surface area contributed by atoms with Gasteiger partial charge < -0.3 is 4.90 Å². The standard InChI is InChI=1S/C20H17N5OS2/c26-18(22-20-24-23-19(28-20)14-7-10-27-12-14)15-11-13-5-1-2-6-16(13)21-17(15)25-8-3-4-9-25/h1-2,5-7,10-12H,3-4,8-9H2,(H,22,24,26).